The number of nitriles is 1. The number of nitrogens with zero attached hydrogens (tertiary/aromatic N) is 5. The lowest BCUT2D eigenvalue weighted by Crippen LogP contribution is -2.54. The average molecular weight is 603 g/mol. The molecule has 1 aliphatic carbocycles. The molecule has 2 unspecified atom stereocenters. The number of pyridine rings is 2. The highest BCUT2D eigenvalue weighted by atomic mass is 16.6. The lowest BCUT2D eigenvalue weighted by atomic mass is 9.90. The van der Waals surface area contributed by atoms with Gasteiger partial charge in [-0.1, -0.05) is 0 Å². The normalized spacial score (nSPS) is 24.1. The van der Waals surface area contributed by atoms with Gasteiger partial charge in [0, 0.05) is 44.6 Å². The summed E-state index contributed by atoms with van der Waals surface area (Å²) in [4.78, 5) is 49.0. The number of amides is 3. The molecule has 0 bridgehead atoms. The lowest BCUT2D eigenvalue weighted by Gasteiger charge is -2.38. The number of aromatic nitrogens is 2. The zero-order chi connectivity index (χ0) is 30.4. The molecule has 2 aromatic heterocycles. The van der Waals surface area contributed by atoms with Crippen molar-refractivity contribution in [2.24, 2.45) is 5.92 Å². The van der Waals surface area contributed by atoms with Crippen molar-refractivity contribution in [1.82, 2.24) is 25.5 Å². The Hall–Kier alpha value is -4.48. The molecule has 0 saturated carbocycles. The van der Waals surface area contributed by atoms with Crippen molar-refractivity contribution in [2.75, 3.05) is 62.7 Å². The van der Waals surface area contributed by atoms with Gasteiger partial charge in [-0.25, -0.2) is 14.8 Å². The summed E-state index contributed by atoms with van der Waals surface area (Å²) in [6.45, 7) is 5.90. The molecular formula is C30H34N8O6. The van der Waals surface area contributed by atoms with E-state index >= 15 is 0 Å². The zero-order valence-corrected chi connectivity index (χ0v) is 24.5. The van der Waals surface area contributed by atoms with Crippen LogP contribution in [-0.2, 0) is 27.2 Å². The van der Waals surface area contributed by atoms with Crippen molar-refractivity contribution in [1.29, 1.82) is 5.26 Å². The van der Waals surface area contributed by atoms with Gasteiger partial charge in [0.05, 0.1) is 19.1 Å². The number of rotatable bonds is 6. The lowest BCUT2D eigenvalue weighted by molar-refractivity contribution is -0.122. The molecule has 1 spiro atoms. The highest BCUT2D eigenvalue weighted by Crippen LogP contribution is 2.39. The Morgan fingerprint density at radius 1 is 1.14 bits per heavy atom. The van der Waals surface area contributed by atoms with Crippen molar-refractivity contribution < 1.29 is 28.6 Å². The molecule has 3 amide bonds. The Labute approximate surface area is 254 Å². The summed E-state index contributed by atoms with van der Waals surface area (Å²) in [5.41, 5.74) is 2.97. The van der Waals surface area contributed by atoms with Crippen LogP contribution in [0.1, 0.15) is 35.2 Å². The molecule has 6 heterocycles. The largest absolute Gasteiger partial charge is 0.480 e. The van der Waals surface area contributed by atoms with Crippen molar-refractivity contribution in [2.45, 2.75) is 44.2 Å². The minimum Gasteiger partial charge on any atom is -0.480 e. The summed E-state index contributed by atoms with van der Waals surface area (Å²) in [6.07, 6.45) is 2.61. The first-order chi connectivity index (χ1) is 21.3. The van der Waals surface area contributed by atoms with Gasteiger partial charge in [0.2, 0.25) is 11.8 Å². The molecule has 3 saturated heterocycles. The molecule has 3 fully saturated rings. The second-order valence-electron chi connectivity index (χ2n) is 12.2. The molecule has 230 valence electrons. The summed E-state index contributed by atoms with van der Waals surface area (Å²) < 4.78 is 17.4. The maximum Gasteiger partial charge on any atom is 0.416 e. The Kier molecular flexibility index (Phi) is 7.22. The Balaban J connectivity index is 0.955. The van der Waals surface area contributed by atoms with Gasteiger partial charge >= 0.3 is 6.09 Å². The van der Waals surface area contributed by atoms with E-state index in [1.165, 1.54) is 4.90 Å². The maximum atomic E-state index is 12.9. The number of likely N-dealkylation sites (tertiary alicyclic amines) is 1. The Morgan fingerprint density at radius 2 is 1.95 bits per heavy atom. The van der Waals surface area contributed by atoms with Gasteiger partial charge in [-0.3, -0.25) is 14.5 Å². The van der Waals surface area contributed by atoms with E-state index in [0.717, 1.165) is 49.2 Å². The summed E-state index contributed by atoms with van der Waals surface area (Å²) >= 11 is 0. The van der Waals surface area contributed by atoms with Crippen molar-refractivity contribution >= 4 is 29.5 Å². The molecule has 14 heteroatoms. The van der Waals surface area contributed by atoms with E-state index in [9.17, 15) is 19.6 Å². The number of hydrogen-bond donors (Lipinski definition) is 3. The smallest absolute Gasteiger partial charge is 0.416 e. The molecule has 3 N–H and O–H groups in total. The van der Waals surface area contributed by atoms with Crippen LogP contribution in [0.2, 0.25) is 0 Å². The van der Waals surface area contributed by atoms with Gasteiger partial charge in [0.15, 0.2) is 18.2 Å². The van der Waals surface area contributed by atoms with E-state index in [4.69, 9.17) is 14.2 Å². The SMILES string of the molecule is Cc1c(OCC2CNC(=O)CN2)nc(C#N)c2c1CC(CN1CCC3(CC1)CN(c1ccc4c(n1)NC(=O)CO4)C(=O)O3)C2. The fraction of sp³-hybridized carbons (Fsp3) is 0.533. The standard InChI is InChI=1S/C30H34N8O6/c1-17-20-8-18(9-21(20)22(10-31)34-28(17)43-14-19-11-33-25(39)12-32-19)13-37-6-4-30(5-7-37)16-38(29(41)44-30)24-3-2-23-27(35-24)36-26(40)15-42-23/h2-3,18-19,32H,4-9,11-16H2,1H3,(H,33,39)(H,35,36,40). The van der Waals surface area contributed by atoms with Crippen LogP contribution in [0.4, 0.5) is 16.4 Å². The van der Waals surface area contributed by atoms with E-state index in [2.05, 4.69) is 36.9 Å². The van der Waals surface area contributed by atoms with Crippen LogP contribution < -0.4 is 30.3 Å². The fourth-order valence-corrected chi connectivity index (χ4v) is 6.84. The highest BCUT2D eigenvalue weighted by Gasteiger charge is 2.48. The number of ether oxygens (including phenoxy) is 3. The third-order valence-corrected chi connectivity index (χ3v) is 9.24. The van der Waals surface area contributed by atoms with Gasteiger partial charge in [-0.15, -0.1) is 0 Å². The van der Waals surface area contributed by atoms with Crippen LogP contribution in [0.5, 0.6) is 11.6 Å². The van der Waals surface area contributed by atoms with Crippen LogP contribution in [-0.4, -0.2) is 96.9 Å². The summed E-state index contributed by atoms with van der Waals surface area (Å²) in [7, 11) is 0. The number of hydrogen-bond acceptors (Lipinski definition) is 11. The van der Waals surface area contributed by atoms with Gasteiger partial charge < -0.3 is 35.1 Å². The fourth-order valence-electron chi connectivity index (χ4n) is 6.84. The van der Waals surface area contributed by atoms with E-state index in [0.29, 0.717) is 67.4 Å². The first-order valence-corrected chi connectivity index (χ1v) is 15.0. The molecule has 4 aliphatic heterocycles. The molecule has 14 nitrogen and oxygen atoms in total. The van der Waals surface area contributed by atoms with Crippen LogP contribution in [0.15, 0.2) is 12.1 Å². The molecule has 7 rings (SSSR count). The Bertz CT molecular complexity index is 1560. The number of nitrogens with one attached hydrogen (secondary N) is 3. The second kappa shape index (κ2) is 11.2. The van der Waals surface area contributed by atoms with E-state index in [1.54, 1.807) is 12.1 Å². The van der Waals surface area contributed by atoms with Gasteiger partial charge in [0.1, 0.15) is 29.8 Å². The third kappa shape index (κ3) is 5.37. The first-order valence-electron chi connectivity index (χ1n) is 15.0. The molecule has 0 aromatic carbocycles. The van der Waals surface area contributed by atoms with Crippen molar-refractivity contribution in [3.8, 4) is 17.7 Å². The van der Waals surface area contributed by atoms with Gasteiger partial charge in [0.25, 0.3) is 5.91 Å². The summed E-state index contributed by atoms with van der Waals surface area (Å²) in [5, 5.41) is 18.5. The molecule has 2 atom stereocenters. The van der Waals surface area contributed by atoms with E-state index in [-0.39, 0.29) is 31.0 Å². The quantitative estimate of drug-likeness (QED) is 0.424. The van der Waals surface area contributed by atoms with Crippen LogP contribution in [0, 0.1) is 24.2 Å². The first kappa shape index (κ1) is 28.3. The maximum absolute atomic E-state index is 12.9. The topological polar surface area (TPSA) is 171 Å². The minimum absolute atomic E-state index is 0.0133. The molecule has 0 radical (unpaired) electrons. The zero-order valence-electron chi connectivity index (χ0n) is 24.5. The van der Waals surface area contributed by atoms with E-state index < -0.39 is 11.7 Å². The number of piperidine rings is 1. The minimum atomic E-state index is -0.583. The van der Waals surface area contributed by atoms with Crippen LogP contribution in [0.3, 0.4) is 0 Å². The monoisotopic (exact) mass is 602 g/mol. The predicted octanol–water partition coefficient (Wildman–Crippen LogP) is 0.661. The number of carbonyl (C=O) groups excluding carboxylic acids is 3. The predicted molar refractivity (Wildman–Crippen MR) is 155 cm³/mol. The van der Waals surface area contributed by atoms with Gasteiger partial charge in [-0.05, 0) is 48.9 Å². The number of anilines is 2. The third-order valence-electron chi connectivity index (χ3n) is 9.24. The molecule has 2 aromatic rings. The molecule has 44 heavy (non-hydrogen) atoms. The van der Waals surface area contributed by atoms with Crippen LogP contribution >= 0.6 is 0 Å². The summed E-state index contributed by atoms with van der Waals surface area (Å²) in [6, 6.07) is 5.67. The average Bonchev–Trinajstić information content (AvgIpc) is 3.59. The Morgan fingerprint density at radius 3 is 2.73 bits per heavy atom. The highest BCUT2D eigenvalue weighted by molar-refractivity contribution is 5.95. The molecular weight excluding hydrogens is 568 g/mol. The number of carbonyl (C=O) groups is 3. The number of fused-ring (bicyclic) bond motifs is 2. The summed E-state index contributed by atoms with van der Waals surface area (Å²) in [5.74, 6) is 1.71. The van der Waals surface area contributed by atoms with Crippen molar-refractivity contribution in [3.63, 3.8) is 0 Å². The van der Waals surface area contributed by atoms with Gasteiger partial charge in [-0.2, -0.15) is 5.26 Å². The second-order valence-corrected chi connectivity index (χ2v) is 12.2. The molecule has 5 aliphatic rings. The number of piperazine rings is 1. The van der Waals surface area contributed by atoms with Crippen molar-refractivity contribution in [3.05, 3.63) is 34.5 Å². The van der Waals surface area contributed by atoms with Crippen LogP contribution in [0.25, 0.3) is 0 Å². The van der Waals surface area contributed by atoms with E-state index in [1.807, 2.05) is 6.92 Å².